The van der Waals surface area contributed by atoms with E-state index in [-0.39, 0.29) is 18.3 Å². The lowest BCUT2D eigenvalue weighted by atomic mass is 10.0. The summed E-state index contributed by atoms with van der Waals surface area (Å²) in [5, 5.41) is 9.63. The molecule has 232 valence electrons. The molecule has 1 amide bonds. The lowest BCUT2D eigenvalue weighted by Crippen LogP contribution is -2.37. The SMILES string of the molecule is Cl.Cn1c(-c2ccc(OCc3ccc(N4CCCC4=O)cc3N3CCOCC3)cc2)c(-c2ccccc2)c2sc(C(=O)O)cc21. The van der Waals surface area contributed by atoms with E-state index in [1.165, 1.54) is 11.3 Å². The van der Waals surface area contributed by atoms with Crippen molar-refractivity contribution in [1.29, 1.82) is 0 Å². The van der Waals surface area contributed by atoms with Crippen molar-refractivity contribution in [1.82, 2.24) is 4.57 Å². The first kappa shape index (κ1) is 30.7. The van der Waals surface area contributed by atoms with Gasteiger partial charge in [0.1, 0.15) is 17.2 Å². The number of anilines is 2. The molecule has 1 N–H and O–H groups in total. The monoisotopic (exact) mass is 643 g/mol. The molecule has 4 heterocycles. The molecule has 0 spiro atoms. The first-order valence-corrected chi connectivity index (χ1v) is 15.7. The fraction of sp³-hybridized carbons (Fsp3) is 0.257. The number of carboxylic acids is 1. The Morgan fingerprint density at radius 3 is 2.40 bits per heavy atom. The summed E-state index contributed by atoms with van der Waals surface area (Å²) in [5.41, 5.74) is 8.11. The lowest BCUT2D eigenvalue weighted by molar-refractivity contribution is -0.117. The maximum Gasteiger partial charge on any atom is 0.345 e. The predicted molar refractivity (Wildman–Crippen MR) is 181 cm³/mol. The Labute approximate surface area is 271 Å². The average molecular weight is 644 g/mol. The largest absolute Gasteiger partial charge is 0.489 e. The first-order chi connectivity index (χ1) is 21.5. The van der Waals surface area contributed by atoms with Gasteiger partial charge in [0, 0.05) is 55.6 Å². The summed E-state index contributed by atoms with van der Waals surface area (Å²) < 4.78 is 15.0. The van der Waals surface area contributed by atoms with Gasteiger partial charge in [0.2, 0.25) is 5.91 Å². The van der Waals surface area contributed by atoms with E-state index in [2.05, 4.69) is 45.9 Å². The van der Waals surface area contributed by atoms with Gasteiger partial charge in [-0.25, -0.2) is 4.79 Å². The number of morpholine rings is 1. The van der Waals surface area contributed by atoms with Gasteiger partial charge in [0.25, 0.3) is 0 Å². The minimum Gasteiger partial charge on any atom is -0.489 e. The number of nitrogens with zero attached hydrogens (tertiary/aromatic N) is 3. The molecule has 10 heteroatoms. The number of aromatic nitrogens is 1. The quantitative estimate of drug-likeness (QED) is 0.192. The maximum absolute atomic E-state index is 12.4. The number of rotatable bonds is 8. The Hall–Kier alpha value is -4.31. The molecule has 0 radical (unpaired) electrons. The molecule has 0 aliphatic carbocycles. The highest BCUT2D eigenvalue weighted by Crippen LogP contribution is 2.44. The van der Waals surface area contributed by atoms with E-state index in [1.807, 2.05) is 48.3 Å². The molecule has 0 atom stereocenters. The van der Waals surface area contributed by atoms with Crippen LogP contribution < -0.4 is 14.5 Å². The van der Waals surface area contributed by atoms with Crippen molar-refractivity contribution in [2.75, 3.05) is 42.6 Å². The van der Waals surface area contributed by atoms with Gasteiger partial charge in [-0.2, -0.15) is 0 Å². The maximum atomic E-state index is 12.4. The summed E-state index contributed by atoms with van der Waals surface area (Å²) in [6, 6.07) is 26.2. The van der Waals surface area contributed by atoms with Gasteiger partial charge in [0.15, 0.2) is 0 Å². The predicted octanol–water partition coefficient (Wildman–Crippen LogP) is 7.24. The number of carboxylic acid groups (broad SMARTS) is 1. The van der Waals surface area contributed by atoms with Gasteiger partial charge in [-0.1, -0.05) is 36.4 Å². The fourth-order valence-electron chi connectivity index (χ4n) is 6.25. The molecule has 0 unspecified atom stereocenters. The molecular formula is C35H34ClN3O5S. The minimum absolute atomic E-state index is 0. The van der Waals surface area contributed by atoms with Crippen LogP contribution in [-0.4, -0.2) is 54.4 Å². The molecular weight excluding hydrogens is 610 g/mol. The fourth-order valence-corrected chi connectivity index (χ4v) is 7.35. The van der Waals surface area contributed by atoms with Crippen molar-refractivity contribution in [3.63, 3.8) is 0 Å². The van der Waals surface area contributed by atoms with Crippen LogP contribution in [0.3, 0.4) is 0 Å². The molecule has 2 aliphatic rings. The summed E-state index contributed by atoms with van der Waals surface area (Å²) in [4.78, 5) is 28.7. The van der Waals surface area contributed by atoms with Crippen LogP contribution in [0.5, 0.6) is 5.75 Å². The summed E-state index contributed by atoms with van der Waals surface area (Å²) in [5.74, 6) is 0.0213. The van der Waals surface area contributed by atoms with E-state index >= 15 is 0 Å². The second-order valence-corrected chi connectivity index (χ2v) is 12.2. The zero-order valence-electron chi connectivity index (χ0n) is 24.9. The van der Waals surface area contributed by atoms with Crippen LogP contribution in [0.15, 0.2) is 78.9 Å². The average Bonchev–Trinajstić information content (AvgIpc) is 3.76. The van der Waals surface area contributed by atoms with Crippen LogP contribution in [0.2, 0.25) is 0 Å². The molecule has 2 fully saturated rings. The zero-order chi connectivity index (χ0) is 30.2. The minimum atomic E-state index is -0.913. The van der Waals surface area contributed by atoms with Gasteiger partial charge < -0.3 is 28.9 Å². The third kappa shape index (κ3) is 5.91. The molecule has 8 nitrogen and oxygen atoms in total. The van der Waals surface area contributed by atoms with Crippen molar-refractivity contribution in [3.8, 4) is 28.1 Å². The van der Waals surface area contributed by atoms with E-state index in [0.717, 1.165) is 81.3 Å². The summed E-state index contributed by atoms with van der Waals surface area (Å²) in [7, 11) is 1.99. The molecule has 2 saturated heterocycles. The molecule has 7 rings (SSSR count). The van der Waals surface area contributed by atoms with Gasteiger partial charge in [-0.05, 0) is 60.0 Å². The standard InChI is InChI=1S/C35H33N3O5S.ClH/c1-36-29-21-30(35(40)41)44-34(29)32(23-6-3-2-4-7-23)33(36)24-10-13-27(14-11-24)43-22-25-9-12-26(38-15-5-8-31(38)39)20-28(25)37-16-18-42-19-17-37;/h2-4,6-7,9-14,20-21H,5,8,15-19,22H2,1H3,(H,40,41);1H. The molecule has 0 saturated carbocycles. The molecule has 2 aliphatic heterocycles. The number of amides is 1. The van der Waals surface area contributed by atoms with Crippen molar-refractivity contribution >= 4 is 57.2 Å². The van der Waals surface area contributed by atoms with Crippen LogP contribution in [0.4, 0.5) is 11.4 Å². The molecule has 45 heavy (non-hydrogen) atoms. The molecule has 2 aromatic heterocycles. The highest BCUT2D eigenvalue weighted by Gasteiger charge is 2.25. The number of halogens is 1. The topological polar surface area (TPSA) is 84.2 Å². The van der Waals surface area contributed by atoms with Crippen molar-refractivity contribution in [3.05, 3.63) is 89.3 Å². The van der Waals surface area contributed by atoms with Gasteiger partial charge >= 0.3 is 5.97 Å². The lowest BCUT2D eigenvalue weighted by Gasteiger charge is -2.31. The second kappa shape index (κ2) is 13.0. The number of hydrogen-bond donors (Lipinski definition) is 1. The number of benzene rings is 3. The van der Waals surface area contributed by atoms with Crippen LogP contribution in [0, 0.1) is 0 Å². The van der Waals surface area contributed by atoms with Gasteiger partial charge in [-0.3, -0.25) is 4.79 Å². The third-order valence-electron chi connectivity index (χ3n) is 8.47. The van der Waals surface area contributed by atoms with Gasteiger partial charge in [0.05, 0.1) is 29.1 Å². The molecule has 0 bridgehead atoms. The van der Waals surface area contributed by atoms with E-state index in [1.54, 1.807) is 6.07 Å². The summed E-state index contributed by atoms with van der Waals surface area (Å²) in [6.07, 6.45) is 1.49. The Balaban J connectivity index is 0.00000357. The molecule has 3 aromatic carbocycles. The smallest absolute Gasteiger partial charge is 0.345 e. The number of carbonyl (C=O) groups excluding carboxylic acids is 1. The zero-order valence-corrected chi connectivity index (χ0v) is 26.5. The van der Waals surface area contributed by atoms with E-state index in [4.69, 9.17) is 9.47 Å². The number of fused-ring (bicyclic) bond motifs is 1. The Kier molecular flexibility index (Phi) is 8.85. The number of aryl methyl sites for hydroxylation is 1. The van der Waals surface area contributed by atoms with Crippen LogP contribution in [-0.2, 0) is 23.2 Å². The number of aromatic carboxylic acids is 1. The van der Waals surface area contributed by atoms with Crippen molar-refractivity contribution in [2.45, 2.75) is 19.4 Å². The number of thiophene rings is 1. The van der Waals surface area contributed by atoms with Crippen molar-refractivity contribution < 1.29 is 24.2 Å². The Morgan fingerprint density at radius 1 is 0.956 bits per heavy atom. The third-order valence-corrected chi connectivity index (χ3v) is 9.60. The highest BCUT2D eigenvalue weighted by molar-refractivity contribution is 7.21. The van der Waals surface area contributed by atoms with Crippen LogP contribution in [0.25, 0.3) is 32.6 Å². The highest BCUT2D eigenvalue weighted by atomic mass is 35.5. The van der Waals surface area contributed by atoms with Crippen LogP contribution >= 0.6 is 23.7 Å². The summed E-state index contributed by atoms with van der Waals surface area (Å²) >= 11 is 1.31. The Bertz CT molecular complexity index is 1840. The Morgan fingerprint density at radius 2 is 1.71 bits per heavy atom. The van der Waals surface area contributed by atoms with Crippen LogP contribution in [0.1, 0.15) is 28.1 Å². The summed E-state index contributed by atoms with van der Waals surface area (Å²) in [6.45, 7) is 4.10. The number of hydrogen-bond acceptors (Lipinski definition) is 6. The number of carbonyl (C=O) groups is 2. The van der Waals surface area contributed by atoms with Gasteiger partial charge in [-0.15, -0.1) is 23.7 Å². The normalized spacial score (nSPS) is 15.0. The number of ether oxygens (including phenoxy) is 2. The van der Waals surface area contributed by atoms with E-state index in [9.17, 15) is 14.7 Å². The van der Waals surface area contributed by atoms with E-state index < -0.39 is 5.97 Å². The van der Waals surface area contributed by atoms with E-state index in [0.29, 0.717) is 31.1 Å². The van der Waals surface area contributed by atoms with Crippen molar-refractivity contribution in [2.24, 2.45) is 7.05 Å². The second-order valence-electron chi connectivity index (χ2n) is 11.2. The first-order valence-electron chi connectivity index (χ1n) is 14.9. The molecule has 5 aromatic rings.